The molecule has 0 aliphatic heterocycles. The van der Waals surface area contributed by atoms with Gasteiger partial charge in [-0.05, 0) is 68.8 Å². The molecule has 0 amide bonds. The second-order valence-electron chi connectivity index (χ2n) is 6.62. The summed E-state index contributed by atoms with van der Waals surface area (Å²) in [4.78, 5) is 14.5. The summed E-state index contributed by atoms with van der Waals surface area (Å²) < 4.78 is 6.98. The summed E-state index contributed by atoms with van der Waals surface area (Å²) in [6.07, 6.45) is 3.05. The molecule has 8 heteroatoms. The van der Waals surface area contributed by atoms with Crippen molar-refractivity contribution in [3.63, 3.8) is 0 Å². The van der Waals surface area contributed by atoms with Crippen LogP contribution in [0.15, 0.2) is 84.1 Å². The molecule has 0 atom stereocenters. The Morgan fingerprint density at radius 3 is 2.77 bits per heavy atom. The van der Waals surface area contributed by atoms with Crippen molar-refractivity contribution in [2.75, 3.05) is 5.43 Å². The number of nitrogens with zero attached hydrogens (tertiary/aromatic N) is 3. The fraction of sp³-hybridized carbons (Fsp3) is 0.0435. The van der Waals surface area contributed by atoms with Crippen LogP contribution in [0, 0.1) is 13.7 Å². The quantitative estimate of drug-likeness (QED) is 0.144. The molecule has 7 nitrogen and oxygen atoms in total. The lowest BCUT2D eigenvalue weighted by molar-refractivity contribution is -0.384. The molecule has 0 aliphatic carbocycles. The fourth-order valence-electron chi connectivity index (χ4n) is 3.09. The number of hydrogen-bond donors (Lipinski definition) is 1. The number of hydrogen-bond acceptors (Lipinski definition) is 6. The molecule has 1 N–H and O–H groups in total. The first-order chi connectivity index (χ1) is 15.1. The first kappa shape index (κ1) is 20.7. The Labute approximate surface area is 192 Å². The summed E-state index contributed by atoms with van der Waals surface area (Å²) in [5.41, 5.74) is 4.44. The highest BCUT2D eigenvalue weighted by Crippen LogP contribution is 2.25. The molecule has 0 spiro atoms. The minimum atomic E-state index is -0.504. The van der Waals surface area contributed by atoms with Crippen LogP contribution in [0.25, 0.3) is 10.8 Å². The van der Waals surface area contributed by atoms with E-state index in [-0.39, 0.29) is 11.5 Å². The van der Waals surface area contributed by atoms with Crippen molar-refractivity contribution < 1.29 is 9.66 Å². The Kier molecular flexibility index (Phi) is 6.37. The average molecular weight is 524 g/mol. The summed E-state index contributed by atoms with van der Waals surface area (Å²) in [6, 6.07) is 23.0. The zero-order valence-electron chi connectivity index (χ0n) is 16.2. The van der Waals surface area contributed by atoms with Crippen molar-refractivity contribution in [3.05, 3.63) is 104 Å². The molecular weight excluding hydrogens is 507 g/mol. The van der Waals surface area contributed by atoms with E-state index < -0.39 is 4.92 Å². The number of aromatic nitrogens is 1. The Morgan fingerprint density at radius 2 is 1.94 bits per heavy atom. The standard InChI is InChI=1S/C23H17IN4O3/c24-20-13-16(14-26-27-23-21(28(29)30)9-4-12-25-23)10-11-22(20)31-15-18-7-3-6-17-5-1-2-8-19(17)18/h1-14H,15H2,(H,25,27)/b26-14-. The van der Waals surface area contributed by atoms with Gasteiger partial charge in [0.1, 0.15) is 12.4 Å². The van der Waals surface area contributed by atoms with E-state index in [1.807, 2.05) is 36.4 Å². The van der Waals surface area contributed by atoms with E-state index in [9.17, 15) is 10.1 Å². The summed E-state index contributed by atoms with van der Waals surface area (Å²) in [5.74, 6) is 0.868. The second-order valence-corrected chi connectivity index (χ2v) is 7.78. The number of benzene rings is 3. The highest BCUT2D eigenvalue weighted by atomic mass is 127. The summed E-state index contributed by atoms with van der Waals surface area (Å²) in [5, 5.41) is 17.5. The highest BCUT2D eigenvalue weighted by molar-refractivity contribution is 14.1. The number of anilines is 1. The smallest absolute Gasteiger partial charge is 0.313 e. The van der Waals surface area contributed by atoms with Crippen molar-refractivity contribution >= 4 is 51.1 Å². The Hall–Kier alpha value is -3.53. The molecule has 0 saturated heterocycles. The number of fused-ring (bicyclic) bond motifs is 1. The van der Waals surface area contributed by atoms with E-state index in [2.05, 4.69) is 62.4 Å². The predicted molar refractivity (Wildman–Crippen MR) is 130 cm³/mol. The van der Waals surface area contributed by atoms with E-state index in [0.717, 1.165) is 20.4 Å². The van der Waals surface area contributed by atoms with Crippen molar-refractivity contribution in [1.82, 2.24) is 4.98 Å². The minimum Gasteiger partial charge on any atom is -0.488 e. The maximum atomic E-state index is 11.0. The minimum absolute atomic E-state index is 0.0912. The number of pyridine rings is 1. The van der Waals surface area contributed by atoms with Gasteiger partial charge in [0.05, 0.1) is 14.7 Å². The van der Waals surface area contributed by atoms with Crippen LogP contribution in [0.1, 0.15) is 11.1 Å². The van der Waals surface area contributed by atoms with E-state index in [0.29, 0.717) is 6.61 Å². The van der Waals surface area contributed by atoms with Crippen molar-refractivity contribution in [1.29, 1.82) is 0 Å². The highest BCUT2D eigenvalue weighted by Gasteiger charge is 2.13. The van der Waals surface area contributed by atoms with Crippen LogP contribution >= 0.6 is 22.6 Å². The maximum Gasteiger partial charge on any atom is 0.313 e. The monoisotopic (exact) mass is 524 g/mol. The van der Waals surface area contributed by atoms with E-state index in [4.69, 9.17) is 4.74 Å². The normalized spacial score (nSPS) is 11.0. The van der Waals surface area contributed by atoms with Crippen LogP contribution in [0.5, 0.6) is 5.75 Å². The molecule has 0 aliphatic rings. The predicted octanol–water partition coefficient (Wildman–Crippen LogP) is 5.77. The molecule has 1 aromatic heterocycles. The van der Waals surface area contributed by atoms with Crippen LogP contribution < -0.4 is 10.2 Å². The molecule has 1 heterocycles. The third-order valence-corrected chi connectivity index (χ3v) is 5.43. The molecule has 0 fully saturated rings. The zero-order valence-corrected chi connectivity index (χ0v) is 18.4. The number of nitro groups is 1. The lowest BCUT2D eigenvalue weighted by Crippen LogP contribution is -2.00. The number of ether oxygens (including phenoxy) is 1. The summed E-state index contributed by atoms with van der Waals surface area (Å²) in [6.45, 7) is 0.468. The van der Waals surface area contributed by atoms with E-state index >= 15 is 0 Å². The molecule has 4 rings (SSSR count). The fourth-order valence-corrected chi connectivity index (χ4v) is 3.78. The van der Waals surface area contributed by atoms with Crippen LogP contribution in [0.2, 0.25) is 0 Å². The Morgan fingerprint density at radius 1 is 1.10 bits per heavy atom. The van der Waals surface area contributed by atoms with Gasteiger partial charge in [-0.2, -0.15) is 5.10 Å². The topological polar surface area (TPSA) is 89.7 Å². The van der Waals surface area contributed by atoms with Gasteiger partial charge >= 0.3 is 5.69 Å². The number of nitrogens with one attached hydrogen (secondary N) is 1. The number of hydrazone groups is 1. The zero-order chi connectivity index (χ0) is 21.6. The van der Waals surface area contributed by atoms with E-state index in [1.54, 1.807) is 6.21 Å². The van der Waals surface area contributed by atoms with E-state index in [1.165, 1.54) is 29.1 Å². The number of rotatable bonds is 7. The first-order valence-electron chi connectivity index (χ1n) is 9.39. The van der Waals surface area contributed by atoms with Gasteiger partial charge in [0.15, 0.2) is 0 Å². The van der Waals surface area contributed by atoms with Crippen LogP contribution in [0.4, 0.5) is 11.5 Å². The lowest BCUT2D eigenvalue weighted by atomic mass is 10.1. The molecular formula is C23H17IN4O3. The van der Waals surface area contributed by atoms with Gasteiger partial charge in [0.2, 0.25) is 5.82 Å². The largest absolute Gasteiger partial charge is 0.488 e. The number of halogens is 1. The lowest BCUT2D eigenvalue weighted by Gasteiger charge is -2.11. The van der Waals surface area contributed by atoms with Crippen molar-refractivity contribution in [2.24, 2.45) is 5.10 Å². The molecule has 3 aromatic carbocycles. The van der Waals surface area contributed by atoms with Gasteiger partial charge in [-0.3, -0.25) is 15.5 Å². The van der Waals surface area contributed by atoms with Gasteiger partial charge in [0.25, 0.3) is 0 Å². The first-order valence-corrected chi connectivity index (χ1v) is 10.5. The molecule has 31 heavy (non-hydrogen) atoms. The molecule has 154 valence electrons. The van der Waals surface area contributed by atoms with Crippen LogP contribution in [-0.2, 0) is 6.61 Å². The summed E-state index contributed by atoms with van der Waals surface area (Å²) >= 11 is 2.22. The Balaban J connectivity index is 1.43. The van der Waals surface area contributed by atoms with Gasteiger partial charge in [0, 0.05) is 12.3 Å². The van der Waals surface area contributed by atoms with Gasteiger partial charge < -0.3 is 4.74 Å². The molecule has 0 bridgehead atoms. The molecule has 0 radical (unpaired) electrons. The SMILES string of the molecule is O=[N+]([O-])c1cccnc1N/N=C\c1ccc(OCc2cccc3ccccc23)c(I)c1. The second kappa shape index (κ2) is 9.52. The molecule has 4 aromatic rings. The van der Waals surface area contributed by atoms with Crippen molar-refractivity contribution in [3.8, 4) is 5.75 Å². The van der Waals surface area contributed by atoms with Crippen molar-refractivity contribution in [2.45, 2.75) is 6.61 Å². The third-order valence-electron chi connectivity index (χ3n) is 4.59. The molecule has 0 saturated carbocycles. The van der Waals surface area contributed by atoms with Gasteiger partial charge in [-0.15, -0.1) is 0 Å². The average Bonchev–Trinajstić information content (AvgIpc) is 2.79. The Bertz CT molecular complexity index is 1270. The molecule has 0 unspecified atom stereocenters. The summed E-state index contributed by atoms with van der Waals surface area (Å²) in [7, 11) is 0. The third kappa shape index (κ3) is 4.97. The van der Waals surface area contributed by atoms with Crippen LogP contribution in [0.3, 0.4) is 0 Å². The van der Waals surface area contributed by atoms with Gasteiger partial charge in [-0.25, -0.2) is 4.98 Å². The van der Waals surface area contributed by atoms with Gasteiger partial charge in [-0.1, -0.05) is 42.5 Å². The maximum absolute atomic E-state index is 11.0. The van der Waals surface area contributed by atoms with Crippen LogP contribution in [-0.4, -0.2) is 16.1 Å².